The van der Waals surface area contributed by atoms with Gasteiger partial charge < -0.3 is 14.9 Å². The Morgan fingerprint density at radius 2 is 2.00 bits per heavy atom. The van der Waals surface area contributed by atoms with Gasteiger partial charge in [-0.3, -0.25) is 4.98 Å². The molecule has 2 aliphatic rings. The molecule has 22 heavy (non-hydrogen) atoms. The maximum Gasteiger partial charge on any atom is 0.0558 e. The quantitative estimate of drug-likeness (QED) is 0.941. The number of β-amino-alcohol motifs (C(OH)–C–C–N with tert-alkyl or cyclic N) is 1. The number of pyridine rings is 1. The average molecular weight is 297 g/mol. The molecule has 0 unspecified atom stereocenters. The Labute approximate surface area is 131 Å². The van der Waals surface area contributed by atoms with E-state index in [-0.39, 0.29) is 6.61 Å². The minimum absolute atomic E-state index is 0.272. The number of nitrogens with zero attached hydrogens (tertiary/aromatic N) is 3. The predicted octanol–water partition coefficient (Wildman–Crippen LogP) is 2.05. The summed E-state index contributed by atoms with van der Waals surface area (Å²) in [5.41, 5.74) is 2.78. The summed E-state index contributed by atoms with van der Waals surface area (Å²) in [6, 6.07) is 7.22. The second kappa shape index (κ2) is 5.86. The molecule has 1 aromatic carbocycles. The molecule has 0 saturated carbocycles. The molecular weight excluding hydrogens is 274 g/mol. The van der Waals surface area contributed by atoms with Gasteiger partial charge in [-0.15, -0.1) is 0 Å². The number of aromatic nitrogens is 1. The van der Waals surface area contributed by atoms with Crippen molar-refractivity contribution in [2.24, 2.45) is 0 Å². The Morgan fingerprint density at radius 1 is 1.14 bits per heavy atom. The van der Waals surface area contributed by atoms with Crippen LogP contribution in [0.5, 0.6) is 0 Å². The summed E-state index contributed by atoms with van der Waals surface area (Å²) in [5.74, 6) is 0. The number of anilines is 1. The lowest BCUT2D eigenvalue weighted by Gasteiger charge is -2.42. The molecule has 4 nitrogen and oxygen atoms in total. The van der Waals surface area contributed by atoms with E-state index in [4.69, 9.17) is 5.11 Å². The molecule has 0 aliphatic carbocycles. The van der Waals surface area contributed by atoms with E-state index in [0.29, 0.717) is 6.04 Å². The fraction of sp³-hybridized carbons (Fsp3) is 0.500. The van der Waals surface area contributed by atoms with E-state index < -0.39 is 0 Å². The van der Waals surface area contributed by atoms with E-state index >= 15 is 0 Å². The molecule has 0 radical (unpaired) electrons. The second-order valence-corrected chi connectivity index (χ2v) is 6.41. The number of likely N-dealkylation sites (tertiary alicyclic amines) is 1. The Bertz CT molecular complexity index is 659. The van der Waals surface area contributed by atoms with Gasteiger partial charge in [-0.2, -0.15) is 0 Å². The van der Waals surface area contributed by atoms with Gasteiger partial charge in [0.15, 0.2) is 0 Å². The third-order valence-electron chi connectivity index (χ3n) is 5.19. The van der Waals surface area contributed by atoms with Gasteiger partial charge in [0.1, 0.15) is 0 Å². The first-order chi connectivity index (χ1) is 10.9. The Morgan fingerprint density at radius 3 is 2.82 bits per heavy atom. The minimum atomic E-state index is 0.272. The predicted molar refractivity (Wildman–Crippen MR) is 89.3 cm³/mol. The van der Waals surface area contributed by atoms with Gasteiger partial charge in [0.2, 0.25) is 0 Å². The molecule has 0 bridgehead atoms. The van der Waals surface area contributed by atoms with Crippen LogP contribution in [0.2, 0.25) is 0 Å². The van der Waals surface area contributed by atoms with Crippen molar-refractivity contribution in [3.63, 3.8) is 0 Å². The minimum Gasteiger partial charge on any atom is -0.395 e. The smallest absolute Gasteiger partial charge is 0.0558 e. The molecule has 4 heteroatoms. The zero-order valence-corrected chi connectivity index (χ0v) is 12.9. The van der Waals surface area contributed by atoms with Crippen LogP contribution in [0.1, 0.15) is 18.4 Å². The average Bonchev–Trinajstić information content (AvgIpc) is 2.57. The largest absolute Gasteiger partial charge is 0.395 e. The first-order valence-electron chi connectivity index (χ1n) is 8.32. The van der Waals surface area contributed by atoms with Gasteiger partial charge >= 0.3 is 0 Å². The van der Waals surface area contributed by atoms with Crippen LogP contribution in [-0.2, 0) is 6.42 Å². The molecule has 1 aromatic heterocycles. The van der Waals surface area contributed by atoms with Crippen LogP contribution < -0.4 is 4.90 Å². The molecule has 4 rings (SSSR count). The molecule has 2 aromatic rings. The van der Waals surface area contributed by atoms with E-state index in [0.717, 1.165) is 32.6 Å². The number of rotatable bonds is 3. The fourth-order valence-corrected chi connectivity index (χ4v) is 4.05. The Kier molecular flexibility index (Phi) is 3.72. The summed E-state index contributed by atoms with van der Waals surface area (Å²) >= 11 is 0. The lowest BCUT2D eigenvalue weighted by molar-refractivity contribution is 0.163. The van der Waals surface area contributed by atoms with Crippen LogP contribution in [0.4, 0.5) is 5.69 Å². The van der Waals surface area contributed by atoms with E-state index in [9.17, 15) is 0 Å². The van der Waals surface area contributed by atoms with E-state index in [1.165, 1.54) is 34.9 Å². The molecule has 1 N–H and O–H groups in total. The summed E-state index contributed by atoms with van der Waals surface area (Å²) in [6.07, 6.45) is 7.49. The van der Waals surface area contributed by atoms with Crippen molar-refractivity contribution in [3.05, 3.63) is 36.2 Å². The van der Waals surface area contributed by atoms with Crippen molar-refractivity contribution in [1.29, 1.82) is 0 Å². The van der Waals surface area contributed by atoms with Gasteiger partial charge in [0, 0.05) is 61.1 Å². The summed E-state index contributed by atoms with van der Waals surface area (Å²) in [4.78, 5) is 9.37. The lowest BCUT2D eigenvalue weighted by Crippen LogP contribution is -2.47. The van der Waals surface area contributed by atoms with Crippen LogP contribution >= 0.6 is 0 Å². The van der Waals surface area contributed by atoms with Crippen LogP contribution in [0.25, 0.3) is 10.8 Å². The number of aliphatic hydroxyl groups excluding tert-OH is 1. The molecule has 0 amide bonds. The normalized spacial score (nSPS) is 19.8. The maximum absolute atomic E-state index is 9.09. The highest BCUT2D eigenvalue weighted by atomic mass is 16.3. The van der Waals surface area contributed by atoms with E-state index in [1.807, 2.05) is 12.4 Å². The van der Waals surface area contributed by atoms with Gasteiger partial charge in [0.25, 0.3) is 0 Å². The third-order valence-corrected chi connectivity index (χ3v) is 5.19. The number of hydrogen-bond acceptors (Lipinski definition) is 4. The van der Waals surface area contributed by atoms with E-state index in [2.05, 4.69) is 33.0 Å². The number of benzene rings is 1. The number of hydrogen-bond donors (Lipinski definition) is 1. The summed E-state index contributed by atoms with van der Waals surface area (Å²) in [5, 5.41) is 11.8. The fourth-order valence-electron chi connectivity index (χ4n) is 4.05. The third kappa shape index (κ3) is 2.36. The van der Waals surface area contributed by atoms with Crippen molar-refractivity contribution in [2.45, 2.75) is 25.3 Å². The first kappa shape index (κ1) is 14.0. The van der Waals surface area contributed by atoms with Crippen molar-refractivity contribution in [3.8, 4) is 0 Å². The van der Waals surface area contributed by atoms with Crippen molar-refractivity contribution < 1.29 is 5.11 Å². The highest BCUT2D eigenvalue weighted by Crippen LogP contribution is 2.36. The van der Waals surface area contributed by atoms with Gasteiger partial charge in [-0.05, 0) is 30.9 Å². The monoisotopic (exact) mass is 297 g/mol. The van der Waals surface area contributed by atoms with Gasteiger partial charge in [0.05, 0.1) is 6.61 Å². The molecule has 116 valence electrons. The highest BCUT2D eigenvalue weighted by molar-refractivity contribution is 5.97. The van der Waals surface area contributed by atoms with Gasteiger partial charge in [-0.25, -0.2) is 0 Å². The van der Waals surface area contributed by atoms with Crippen LogP contribution in [-0.4, -0.2) is 53.8 Å². The zero-order valence-electron chi connectivity index (χ0n) is 12.9. The molecule has 0 spiro atoms. The van der Waals surface area contributed by atoms with Crippen LogP contribution in [0.3, 0.4) is 0 Å². The summed E-state index contributed by atoms with van der Waals surface area (Å²) in [6.45, 7) is 4.38. The Balaban J connectivity index is 1.61. The van der Waals surface area contributed by atoms with Crippen LogP contribution in [0.15, 0.2) is 30.6 Å². The van der Waals surface area contributed by atoms with Crippen molar-refractivity contribution >= 4 is 16.5 Å². The lowest BCUT2D eigenvalue weighted by atomic mass is 9.94. The van der Waals surface area contributed by atoms with Crippen molar-refractivity contribution in [2.75, 3.05) is 37.7 Å². The topological polar surface area (TPSA) is 39.6 Å². The van der Waals surface area contributed by atoms with Gasteiger partial charge in [-0.1, -0.05) is 12.1 Å². The molecule has 1 saturated heterocycles. The van der Waals surface area contributed by atoms with E-state index in [1.54, 1.807) is 0 Å². The molecule has 2 aliphatic heterocycles. The molecule has 0 atom stereocenters. The summed E-state index contributed by atoms with van der Waals surface area (Å²) in [7, 11) is 0. The van der Waals surface area contributed by atoms with Crippen LogP contribution in [0, 0.1) is 0 Å². The van der Waals surface area contributed by atoms with Crippen molar-refractivity contribution in [1.82, 2.24) is 9.88 Å². The number of piperidine rings is 1. The first-order valence-corrected chi connectivity index (χ1v) is 8.32. The SMILES string of the molecule is OCCN1CCC(N2CCc3cncc4cccc2c34)CC1. The molecular formula is C18H23N3O. The molecule has 1 fully saturated rings. The standard InChI is InChI=1S/C18H23N3O/c22-11-10-20-7-5-16(6-8-20)21-9-4-15-13-19-12-14-2-1-3-17(21)18(14)15/h1-3,12-13,16,22H,4-11H2. The zero-order chi connectivity index (χ0) is 14.9. The molecule has 3 heterocycles. The maximum atomic E-state index is 9.09. The second-order valence-electron chi connectivity index (χ2n) is 6.41. The summed E-state index contributed by atoms with van der Waals surface area (Å²) < 4.78 is 0. The highest BCUT2D eigenvalue weighted by Gasteiger charge is 2.28. The number of aliphatic hydroxyl groups is 1. The Hall–Kier alpha value is -1.65.